The van der Waals surface area contributed by atoms with Crippen molar-refractivity contribution in [2.45, 2.75) is 38.8 Å². The second kappa shape index (κ2) is 6.39. The van der Waals surface area contributed by atoms with Crippen LogP contribution in [0.15, 0.2) is 24.3 Å². The molecule has 1 aromatic carbocycles. The molecule has 0 heterocycles. The molecule has 1 rings (SSSR count). The SMILES string of the molecule is CCC(N)(CC)COCc1ccc(C#N)cc1. The molecule has 0 amide bonds. The molecule has 1 aromatic rings. The first-order chi connectivity index (χ1) is 8.13. The molecule has 2 N–H and O–H groups in total. The quantitative estimate of drug-likeness (QED) is 0.820. The standard InChI is InChI=1S/C14H20N2O/c1-3-14(16,4-2)11-17-10-13-7-5-12(9-15)6-8-13/h5-8H,3-4,10-11,16H2,1-2H3. The van der Waals surface area contributed by atoms with Gasteiger partial charge in [0.05, 0.1) is 24.8 Å². The van der Waals surface area contributed by atoms with Crippen LogP contribution in [0.2, 0.25) is 0 Å². The third-order valence-electron chi connectivity index (χ3n) is 3.15. The smallest absolute Gasteiger partial charge is 0.0991 e. The maximum absolute atomic E-state index is 8.68. The summed E-state index contributed by atoms with van der Waals surface area (Å²) in [6, 6.07) is 9.51. The molecule has 92 valence electrons. The Morgan fingerprint density at radius 3 is 2.29 bits per heavy atom. The van der Waals surface area contributed by atoms with Crippen molar-refractivity contribution in [3.63, 3.8) is 0 Å². The highest BCUT2D eigenvalue weighted by Gasteiger charge is 2.19. The van der Waals surface area contributed by atoms with Crippen LogP contribution in [0.4, 0.5) is 0 Å². The number of nitrogens with two attached hydrogens (primary N) is 1. The highest BCUT2D eigenvalue weighted by atomic mass is 16.5. The van der Waals surface area contributed by atoms with E-state index in [1.165, 1.54) is 0 Å². The molecule has 17 heavy (non-hydrogen) atoms. The molecular weight excluding hydrogens is 212 g/mol. The molecule has 0 bridgehead atoms. The summed E-state index contributed by atoms with van der Waals surface area (Å²) >= 11 is 0. The lowest BCUT2D eigenvalue weighted by molar-refractivity contribution is 0.0696. The fourth-order valence-electron chi connectivity index (χ4n) is 1.50. The van der Waals surface area contributed by atoms with Gasteiger partial charge in [0.15, 0.2) is 0 Å². The van der Waals surface area contributed by atoms with Crippen molar-refractivity contribution in [3.8, 4) is 6.07 Å². The predicted molar refractivity (Wildman–Crippen MR) is 68.3 cm³/mol. The van der Waals surface area contributed by atoms with Crippen LogP contribution < -0.4 is 5.73 Å². The van der Waals surface area contributed by atoms with Crippen LogP contribution >= 0.6 is 0 Å². The molecule has 0 aliphatic heterocycles. The third kappa shape index (κ3) is 4.18. The highest BCUT2D eigenvalue weighted by Crippen LogP contribution is 2.13. The molecule has 0 fully saturated rings. The van der Waals surface area contributed by atoms with Crippen LogP contribution in [0, 0.1) is 11.3 Å². The van der Waals surface area contributed by atoms with Gasteiger partial charge >= 0.3 is 0 Å². The van der Waals surface area contributed by atoms with Gasteiger partial charge in [-0.15, -0.1) is 0 Å². The summed E-state index contributed by atoms with van der Waals surface area (Å²) in [5, 5.41) is 8.68. The number of hydrogen-bond donors (Lipinski definition) is 1. The van der Waals surface area contributed by atoms with E-state index in [1.807, 2.05) is 12.1 Å². The summed E-state index contributed by atoms with van der Waals surface area (Å²) in [4.78, 5) is 0. The van der Waals surface area contributed by atoms with Crippen LogP contribution in [-0.2, 0) is 11.3 Å². The first kappa shape index (κ1) is 13.7. The summed E-state index contributed by atoms with van der Waals surface area (Å²) in [6.07, 6.45) is 1.83. The van der Waals surface area contributed by atoms with Crippen LogP contribution in [-0.4, -0.2) is 12.1 Å². The van der Waals surface area contributed by atoms with Crippen molar-refractivity contribution in [1.29, 1.82) is 5.26 Å². The van der Waals surface area contributed by atoms with Gasteiger partial charge in [-0.1, -0.05) is 26.0 Å². The van der Waals surface area contributed by atoms with Gasteiger partial charge in [-0.3, -0.25) is 0 Å². The zero-order chi connectivity index (χ0) is 12.7. The fourth-order valence-corrected chi connectivity index (χ4v) is 1.50. The van der Waals surface area contributed by atoms with Gasteiger partial charge in [0.2, 0.25) is 0 Å². The van der Waals surface area contributed by atoms with Crippen molar-refractivity contribution >= 4 is 0 Å². The van der Waals surface area contributed by atoms with E-state index in [0.717, 1.165) is 18.4 Å². The van der Waals surface area contributed by atoms with Gasteiger partial charge in [0, 0.05) is 5.54 Å². The Balaban J connectivity index is 2.43. The van der Waals surface area contributed by atoms with Crippen LogP contribution in [0.3, 0.4) is 0 Å². The van der Waals surface area contributed by atoms with Crippen molar-refractivity contribution in [3.05, 3.63) is 35.4 Å². The number of ether oxygens (including phenoxy) is 1. The van der Waals surface area contributed by atoms with Gasteiger partial charge in [0.1, 0.15) is 0 Å². The second-order valence-corrected chi connectivity index (χ2v) is 4.37. The molecule has 0 aliphatic rings. The van der Waals surface area contributed by atoms with E-state index >= 15 is 0 Å². The van der Waals surface area contributed by atoms with Crippen molar-refractivity contribution < 1.29 is 4.74 Å². The van der Waals surface area contributed by atoms with E-state index in [1.54, 1.807) is 12.1 Å². The average molecular weight is 232 g/mol. The molecule has 3 nitrogen and oxygen atoms in total. The molecule has 0 spiro atoms. The maximum Gasteiger partial charge on any atom is 0.0991 e. The topological polar surface area (TPSA) is 59.0 Å². The number of nitrogens with zero attached hydrogens (tertiary/aromatic N) is 1. The molecule has 0 radical (unpaired) electrons. The van der Waals surface area contributed by atoms with Gasteiger partial charge in [-0.2, -0.15) is 5.26 Å². The van der Waals surface area contributed by atoms with Gasteiger partial charge < -0.3 is 10.5 Å². The molecule has 0 saturated heterocycles. The first-order valence-corrected chi connectivity index (χ1v) is 5.99. The van der Waals surface area contributed by atoms with E-state index in [4.69, 9.17) is 15.7 Å². The average Bonchev–Trinajstić information content (AvgIpc) is 2.39. The molecule has 0 atom stereocenters. The maximum atomic E-state index is 8.68. The van der Waals surface area contributed by atoms with Gasteiger partial charge in [0.25, 0.3) is 0 Å². The molecule has 0 aliphatic carbocycles. The molecule has 0 saturated carbocycles. The van der Waals surface area contributed by atoms with E-state index in [2.05, 4.69) is 19.9 Å². The number of nitriles is 1. The Kier molecular flexibility index (Phi) is 5.14. The predicted octanol–water partition coefficient (Wildman–Crippen LogP) is 2.59. The number of hydrogen-bond acceptors (Lipinski definition) is 3. The summed E-state index contributed by atoms with van der Waals surface area (Å²) in [5.41, 5.74) is 7.66. The van der Waals surface area contributed by atoms with Gasteiger partial charge in [-0.25, -0.2) is 0 Å². The second-order valence-electron chi connectivity index (χ2n) is 4.37. The van der Waals surface area contributed by atoms with E-state index in [0.29, 0.717) is 18.8 Å². The van der Waals surface area contributed by atoms with Crippen LogP contribution in [0.1, 0.15) is 37.8 Å². The summed E-state index contributed by atoms with van der Waals surface area (Å²) in [7, 11) is 0. The molecular formula is C14H20N2O. The third-order valence-corrected chi connectivity index (χ3v) is 3.15. The Labute approximate surface area is 103 Å². The summed E-state index contributed by atoms with van der Waals surface area (Å²) < 4.78 is 5.63. The zero-order valence-electron chi connectivity index (χ0n) is 10.6. The number of rotatable bonds is 6. The molecule has 0 unspecified atom stereocenters. The lowest BCUT2D eigenvalue weighted by Crippen LogP contribution is -2.43. The minimum atomic E-state index is -0.216. The van der Waals surface area contributed by atoms with Crippen LogP contribution in [0.5, 0.6) is 0 Å². The van der Waals surface area contributed by atoms with Crippen molar-refractivity contribution in [2.24, 2.45) is 5.73 Å². The Morgan fingerprint density at radius 1 is 1.24 bits per heavy atom. The Bertz CT molecular complexity index is 374. The Hall–Kier alpha value is -1.37. The lowest BCUT2D eigenvalue weighted by atomic mass is 9.96. The minimum Gasteiger partial charge on any atom is -0.375 e. The summed E-state index contributed by atoms with van der Waals surface area (Å²) in [6.45, 7) is 5.27. The number of benzene rings is 1. The van der Waals surface area contributed by atoms with Crippen molar-refractivity contribution in [1.82, 2.24) is 0 Å². The summed E-state index contributed by atoms with van der Waals surface area (Å²) in [5.74, 6) is 0. The minimum absolute atomic E-state index is 0.216. The van der Waals surface area contributed by atoms with Gasteiger partial charge in [-0.05, 0) is 30.5 Å². The fraction of sp³-hybridized carbons (Fsp3) is 0.500. The van der Waals surface area contributed by atoms with E-state index < -0.39 is 0 Å². The molecule has 0 aromatic heterocycles. The lowest BCUT2D eigenvalue weighted by Gasteiger charge is -2.26. The molecule has 3 heteroatoms. The van der Waals surface area contributed by atoms with Crippen molar-refractivity contribution in [2.75, 3.05) is 6.61 Å². The van der Waals surface area contributed by atoms with Crippen LogP contribution in [0.25, 0.3) is 0 Å². The normalized spacial score (nSPS) is 11.2. The first-order valence-electron chi connectivity index (χ1n) is 5.99. The monoisotopic (exact) mass is 232 g/mol. The highest BCUT2D eigenvalue weighted by molar-refractivity contribution is 5.31. The van der Waals surface area contributed by atoms with E-state index in [-0.39, 0.29) is 5.54 Å². The largest absolute Gasteiger partial charge is 0.375 e. The van der Waals surface area contributed by atoms with E-state index in [9.17, 15) is 0 Å². The zero-order valence-corrected chi connectivity index (χ0v) is 10.6. The Morgan fingerprint density at radius 2 is 1.82 bits per heavy atom.